The van der Waals surface area contributed by atoms with E-state index in [-0.39, 0.29) is 5.28 Å². The number of hydrogen-bond donors (Lipinski definition) is 1. The molecule has 1 aliphatic rings. The van der Waals surface area contributed by atoms with Crippen molar-refractivity contribution in [3.63, 3.8) is 0 Å². The molecule has 0 unspecified atom stereocenters. The first-order chi connectivity index (χ1) is 13.1. The van der Waals surface area contributed by atoms with E-state index in [1.54, 1.807) is 18.4 Å². The molecule has 1 aliphatic carbocycles. The van der Waals surface area contributed by atoms with E-state index in [0.717, 1.165) is 38.5 Å². The number of aliphatic imine (C=N–C) groups is 1. The van der Waals surface area contributed by atoms with Gasteiger partial charge < -0.3 is 5.32 Å². The van der Waals surface area contributed by atoms with Crippen LogP contribution >= 0.6 is 11.6 Å². The van der Waals surface area contributed by atoms with Crippen LogP contribution in [0.5, 0.6) is 0 Å². The summed E-state index contributed by atoms with van der Waals surface area (Å²) in [5.41, 5.74) is 0.0950. The van der Waals surface area contributed by atoms with Crippen molar-refractivity contribution in [3.8, 4) is 6.07 Å². The van der Waals surface area contributed by atoms with Gasteiger partial charge in [0.15, 0.2) is 0 Å². The summed E-state index contributed by atoms with van der Waals surface area (Å²) in [4.78, 5) is 12.8. The smallest absolute Gasteiger partial charge is 0.224 e. The molecule has 0 spiro atoms. The van der Waals surface area contributed by atoms with E-state index in [0.29, 0.717) is 17.3 Å². The van der Waals surface area contributed by atoms with Crippen molar-refractivity contribution in [1.29, 1.82) is 5.26 Å². The molecule has 0 radical (unpaired) electrons. The summed E-state index contributed by atoms with van der Waals surface area (Å²) in [5, 5.41) is 13.2. The number of nitrogens with one attached hydrogen (secondary N) is 1. The summed E-state index contributed by atoms with van der Waals surface area (Å²) >= 11 is 6.15. The van der Waals surface area contributed by atoms with Crippen LogP contribution in [0.3, 0.4) is 0 Å². The summed E-state index contributed by atoms with van der Waals surface area (Å²) < 4.78 is 0. The summed E-state index contributed by atoms with van der Waals surface area (Å²) in [5.74, 6) is 1.13. The second kappa shape index (κ2) is 12.2. The van der Waals surface area contributed by atoms with Crippen LogP contribution in [0, 0.1) is 11.3 Å². The van der Waals surface area contributed by atoms with E-state index < -0.39 is 5.41 Å². The first-order valence-corrected chi connectivity index (χ1v) is 10.1. The minimum absolute atomic E-state index is 0.134. The Morgan fingerprint density at radius 1 is 1.26 bits per heavy atom. The SMILES string of the molecule is C=C/C=C(\N=C/C)Nc1cc(C2(C#N)CCCCCCC2)nc(Cl)n1.CC. The molecule has 6 heteroatoms. The fourth-order valence-electron chi connectivity index (χ4n) is 3.16. The lowest BCUT2D eigenvalue weighted by Crippen LogP contribution is -2.27. The van der Waals surface area contributed by atoms with Gasteiger partial charge in [0.25, 0.3) is 0 Å². The molecule has 0 bridgehead atoms. The molecule has 0 aliphatic heterocycles. The Balaban J connectivity index is 0.00000176. The third-order valence-corrected chi connectivity index (χ3v) is 4.58. The predicted molar refractivity (Wildman–Crippen MR) is 114 cm³/mol. The highest BCUT2D eigenvalue weighted by Crippen LogP contribution is 2.37. The van der Waals surface area contributed by atoms with Gasteiger partial charge in [0, 0.05) is 12.3 Å². The van der Waals surface area contributed by atoms with Crippen molar-refractivity contribution in [2.24, 2.45) is 4.99 Å². The highest BCUT2D eigenvalue weighted by molar-refractivity contribution is 6.28. The van der Waals surface area contributed by atoms with Crippen LogP contribution in [0.25, 0.3) is 0 Å². The average molecular weight is 388 g/mol. The lowest BCUT2D eigenvalue weighted by atomic mass is 9.75. The number of halogens is 1. The van der Waals surface area contributed by atoms with Gasteiger partial charge in [0.05, 0.1) is 17.2 Å². The number of nitriles is 1. The van der Waals surface area contributed by atoms with Crippen LogP contribution in [-0.2, 0) is 5.41 Å². The van der Waals surface area contributed by atoms with Gasteiger partial charge in [-0.15, -0.1) is 0 Å². The topological polar surface area (TPSA) is 74.0 Å². The van der Waals surface area contributed by atoms with E-state index in [1.807, 2.05) is 26.8 Å². The number of allylic oxidation sites excluding steroid dienone is 2. The van der Waals surface area contributed by atoms with Crippen molar-refractivity contribution >= 4 is 23.6 Å². The Hall–Kier alpha value is -2.19. The van der Waals surface area contributed by atoms with Crippen LogP contribution in [0.4, 0.5) is 5.82 Å². The predicted octanol–water partition coefficient (Wildman–Crippen LogP) is 6.19. The molecule has 1 N–H and O–H groups in total. The Kier molecular flexibility index (Phi) is 10.4. The first kappa shape index (κ1) is 22.9. The van der Waals surface area contributed by atoms with E-state index in [4.69, 9.17) is 11.6 Å². The number of aromatic nitrogens is 2. The molecule has 1 saturated carbocycles. The molecule has 0 saturated heterocycles. The maximum absolute atomic E-state index is 9.92. The fourth-order valence-corrected chi connectivity index (χ4v) is 3.34. The van der Waals surface area contributed by atoms with Gasteiger partial charge in [0.2, 0.25) is 5.28 Å². The number of hydrogen-bond acceptors (Lipinski definition) is 5. The monoisotopic (exact) mass is 387 g/mol. The fraction of sp³-hybridized carbons (Fsp3) is 0.524. The lowest BCUT2D eigenvalue weighted by molar-refractivity contribution is 0.378. The summed E-state index contributed by atoms with van der Waals surface area (Å²) in [6, 6.07) is 4.34. The highest BCUT2D eigenvalue weighted by atomic mass is 35.5. The average Bonchev–Trinajstić information content (AvgIpc) is 2.64. The standard InChI is InChI=1S/C19H24ClN5.C2H6/c1-3-10-16(22-4-2)24-17-13-15(23-18(20)25-17)19(14-21)11-8-6-5-7-9-12-19;1-2/h3-4,10,13H,1,5-9,11-12H2,2H3,(H,23,24,25);1-2H3/b16-10+,22-4-;. The Bertz CT molecular complexity index is 695. The zero-order valence-electron chi connectivity index (χ0n) is 16.6. The van der Waals surface area contributed by atoms with Crippen LogP contribution in [-0.4, -0.2) is 16.2 Å². The maximum atomic E-state index is 9.92. The third kappa shape index (κ3) is 6.80. The summed E-state index contributed by atoms with van der Waals surface area (Å²) in [6.07, 6.45) is 12.3. The molecule has 0 amide bonds. The Labute approximate surface area is 168 Å². The van der Waals surface area contributed by atoms with E-state index >= 15 is 0 Å². The summed E-state index contributed by atoms with van der Waals surface area (Å²) in [6.45, 7) is 9.51. The van der Waals surface area contributed by atoms with Gasteiger partial charge in [0.1, 0.15) is 11.6 Å². The first-order valence-electron chi connectivity index (χ1n) is 9.68. The van der Waals surface area contributed by atoms with Crippen molar-refractivity contribution < 1.29 is 0 Å². The van der Waals surface area contributed by atoms with Crippen LogP contribution in [0.15, 0.2) is 35.6 Å². The van der Waals surface area contributed by atoms with E-state index in [1.165, 1.54) is 6.42 Å². The van der Waals surface area contributed by atoms with E-state index in [2.05, 4.69) is 32.9 Å². The van der Waals surface area contributed by atoms with Gasteiger partial charge in [-0.25, -0.2) is 15.0 Å². The molecular weight excluding hydrogens is 358 g/mol. The zero-order chi connectivity index (χ0) is 20.1. The van der Waals surface area contributed by atoms with Gasteiger partial charge >= 0.3 is 0 Å². The molecule has 2 rings (SSSR count). The number of anilines is 1. The maximum Gasteiger partial charge on any atom is 0.224 e. The van der Waals surface area contributed by atoms with Crippen molar-refractivity contribution in [2.75, 3.05) is 5.32 Å². The molecule has 0 atom stereocenters. The molecule has 1 heterocycles. The minimum atomic E-state index is -0.597. The quantitative estimate of drug-likeness (QED) is 0.371. The van der Waals surface area contributed by atoms with Crippen LogP contribution < -0.4 is 5.32 Å². The van der Waals surface area contributed by atoms with E-state index in [9.17, 15) is 5.26 Å². The van der Waals surface area contributed by atoms with Gasteiger partial charge in [-0.3, -0.25) is 0 Å². The Morgan fingerprint density at radius 3 is 2.44 bits per heavy atom. The second-order valence-electron chi connectivity index (χ2n) is 6.17. The molecule has 0 aromatic carbocycles. The molecule has 5 nitrogen and oxygen atoms in total. The Morgan fingerprint density at radius 2 is 1.89 bits per heavy atom. The third-order valence-electron chi connectivity index (χ3n) is 4.41. The normalized spacial score (nSPS) is 17.1. The molecule has 1 fully saturated rings. The van der Waals surface area contributed by atoms with Crippen molar-refractivity contribution in [1.82, 2.24) is 9.97 Å². The second-order valence-corrected chi connectivity index (χ2v) is 6.51. The molecule has 1 aromatic heterocycles. The molecule has 1 aromatic rings. The van der Waals surface area contributed by atoms with Gasteiger partial charge in [-0.2, -0.15) is 5.26 Å². The van der Waals surface area contributed by atoms with Crippen LogP contribution in [0.1, 0.15) is 71.4 Å². The number of rotatable bonds is 5. The van der Waals surface area contributed by atoms with Crippen LogP contribution in [0.2, 0.25) is 5.28 Å². The van der Waals surface area contributed by atoms with Crippen molar-refractivity contribution in [3.05, 3.63) is 41.6 Å². The largest absolute Gasteiger partial charge is 0.325 e. The van der Waals surface area contributed by atoms with Gasteiger partial charge in [-0.05, 0) is 37.4 Å². The van der Waals surface area contributed by atoms with Crippen molar-refractivity contribution in [2.45, 2.75) is 71.1 Å². The molecular formula is C21H30ClN5. The molecule has 146 valence electrons. The van der Waals surface area contributed by atoms with Gasteiger partial charge in [-0.1, -0.05) is 58.6 Å². The highest BCUT2D eigenvalue weighted by Gasteiger charge is 2.34. The molecule has 27 heavy (non-hydrogen) atoms. The lowest BCUT2D eigenvalue weighted by Gasteiger charge is -2.28. The minimum Gasteiger partial charge on any atom is -0.325 e. The zero-order valence-corrected chi connectivity index (χ0v) is 17.4. The number of nitrogens with zero attached hydrogens (tertiary/aromatic N) is 4. The summed E-state index contributed by atoms with van der Waals surface area (Å²) in [7, 11) is 0.